The molecule has 0 radical (unpaired) electrons. The number of nitrogens with zero attached hydrogens (tertiary/aromatic N) is 3. The number of anilines is 1. The van der Waals surface area contributed by atoms with Crippen LogP contribution in [0, 0.1) is 13.8 Å². The summed E-state index contributed by atoms with van der Waals surface area (Å²) in [4.78, 5) is 22.9. The number of rotatable bonds is 7. The quantitative estimate of drug-likeness (QED) is 0.660. The summed E-state index contributed by atoms with van der Waals surface area (Å²) in [6, 6.07) is 4.58. The van der Waals surface area contributed by atoms with Gasteiger partial charge in [0.05, 0.1) is 5.69 Å². The van der Waals surface area contributed by atoms with E-state index in [9.17, 15) is 18.0 Å². The number of nitrogens with one attached hydrogen (secondary N) is 2. The highest BCUT2D eigenvalue weighted by atomic mass is 32.2. The largest absolute Gasteiger partial charge is 0.434 e. The molecule has 1 fully saturated rings. The summed E-state index contributed by atoms with van der Waals surface area (Å²) in [5.74, 6) is -0.845. The molecule has 1 aromatic carbocycles. The van der Waals surface area contributed by atoms with Crippen molar-refractivity contribution >= 4 is 21.8 Å². The molecule has 0 spiro atoms. The summed E-state index contributed by atoms with van der Waals surface area (Å²) < 4.78 is 35.4. The van der Waals surface area contributed by atoms with Crippen LogP contribution in [0.2, 0.25) is 0 Å². The van der Waals surface area contributed by atoms with E-state index in [2.05, 4.69) is 15.5 Å². The molecule has 1 aromatic heterocycles. The third-order valence-corrected chi connectivity index (χ3v) is 7.57. The fourth-order valence-corrected chi connectivity index (χ4v) is 5.67. The Balaban J connectivity index is 2.00. The number of H-pyrrole nitrogens is 1. The van der Waals surface area contributed by atoms with Crippen molar-refractivity contribution in [2.45, 2.75) is 59.0 Å². The molecular weight excluding hydrogens is 422 g/mol. The molecular formula is C20H29N5O5S. The average Bonchev–Trinajstić information content (AvgIpc) is 3.14. The van der Waals surface area contributed by atoms with Gasteiger partial charge in [-0.25, -0.2) is 14.2 Å². The van der Waals surface area contributed by atoms with Crippen molar-refractivity contribution in [3.63, 3.8) is 0 Å². The average molecular weight is 452 g/mol. The minimum Gasteiger partial charge on any atom is -0.390 e. The van der Waals surface area contributed by atoms with Gasteiger partial charge in [-0.2, -0.15) is 12.7 Å². The molecule has 0 bridgehead atoms. The summed E-state index contributed by atoms with van der Waals surface area (Å²) in [5, 5.41) is 8.97. The van der Waals surface area contributed by atoms with Crippen LogP contribution in [0.15, 0.2) is 27.4 Å². The third kappa shape index (κ3) is 4.99. The number of hydrogen-bond acceptors (Lipinski definition) is 6. The number of hydrogen-bond donors (Lipinski definition) is 2. The molecule has 11 heteroatoms. The molecule has 1 aliphatic rings. The van der Waals surface area contributed by atoms with Crippen LogP contribution in [0.1, 0.15) is 56.2 Å². The van der Waals surface area contributed by atoms with Crippen LogP contribution in [-0.4, -0.2) is 48.0 Å². The molecule has 2 N–H and O–H groups in total. The Kier molecular flexibility index (Phi) is 6.85. The first-order valence-electron chi connectivity index (χ1n) is 10.3. The van der Waals surface area contributed by atoms with E-state index >= 15 is 0 Å². The second-order valence-corrected chi connectivity index (χ2v) is 9.63. The van der Waals surface area contributed by atoms with Crippen LogP contribution in [0.3, 0.4) is 0 Å². The predicted octanol–water partition coefficient (Wildman–Crippen LogP) is 1.78. The van der Waals surface area contributed by atoms with Crippen molar-refractivity contribution in [2.75, 3.05) is 17.4 Å². The lowest BCUT2D eigenvalue weighted by molar-refractivity contribution is -0.119. The summed E-state index contributed by atoms with van der Waals surface area (Å²) >= 11 is 0. The Morgan fingerprint density at radius 1 is 1.32 bits per heavy atom. The zero-order valence-electron chi connectivity index (χ0n) is 18.2. The fourth-order valence-electron chi connectivity index (χ4n) is 3.80. The highest BCUT2D eigenvalue weighted by Crippen LogP contribution is 2.34. The maximum atomic E-state index is 13.8. The number of piperidine rings is 1. The predicted molar refractivity (Wildman–Crippen MR) is 116 cm³/mol. The van der Waals surface area contributed by atoms with E-state index in [1.165, 1.54) is 15.5 Å². The van der Waals surface area contributed by atoms with E-state index < -0.39 is 22.0 Å². The number of carbonyl (C=O) groups is 1. The third-order valence-electron chi connectivity index (χ3n) is 5.59. The second-order valence-electron chi connectivity index (χ2n) is 7.82. The number of aromatic nitrogens is 2. The van der Waals surface area contributed by atoms with Crippen molar-refractivity contribution in [3.8, 4) is 0 Å². The summed E-state index contributed by atoms with van der Waals surface area (Å²) in [6.45, 7) is 7.68. The lowest BCUT2D eigenvalue weighted by Gasteiger charge is -2.38. The first kappa shape index (κ1) is 23.0. The van der Waals surface area contributed by atoms with Gasteiger partial charge in [-0.15, -0.1) is 5.10 Å². The second kappa shape index (κ2) is 9.23. The van der Waals surface area contributed by atoms with Gasteiger partial charge in [0.15, 0.2) is 0 Å². The van der Waals surface area contributed by atoms with E-state index in [1.807, 2.05) is 32.9 Å². The van der Waals surface area contributed by atoms with Gasteiger partial charge in [0, 0.05) is 26.1 Å². The van der Waals surface area contributed by atoms with Gasteiger partial charge in [-0.3, -0.25) is 4.79 Å². The van der Waals surface area contributed by atoms with E-state index in [0.717, 1.165) is 11.1 Å². The zero-order valence-corrected chi connectivity index (χ0v) is 19.0. The number of benzene rings is 1. The molecule has 1 unspecified atom stereocenters. The lowest BCUT2D eigenvalue weighted by Crippen LogP contribution is -2.51. The van der Waals surface area contributed by atoms with Gasteiger partial charge in [0.25, 0.3) is 0 Å². The number of carbonyl (C=O) groups excluding carboxylic acids is 1. The molecule has 0 saturated carbocycles. The Morgan fingerprint density at radius 2 is 2.00 bits per heavy atom. The molecule has 3 rings (SSSR count). The highest BCUT2D eigenvalue weighted by Gasteiger charge is 2.39. The van der Waals surface area contributed by atoms with Crippen LogP contribution >= 0.6 is 0 Å². The summed E-state index contributed by atoms with van der Waals surface area (Å²) in [5.41, 5.74) is 2.46. The van der Waals surface area contributed by atoms with Crippen molar-refractivity contribution in [3.05, 3.63) is 45.8 Å². The summed E-state index contributed by atoms with van der Waals surface area (Å²) in [6.07, 6.45) is 1.39. The topological polar surface area (TPSA) is 129 Å². The van der Waals surface area contributed by atoms with Crippen molar-refractivity contribution in [1.82, 2.24) is 19.8 Å². The molecule has 0 aliphatic carbocycles. The smallest absolute Gasteiger partial charge is 0.390 e. The van der Waals surface area contributed by atoms with Gasteiger partial charge in [0.1, 0.15) is 6.04 Å². The Labute approximate surface area is 181 Å². The molecule has 2 aromatic rings. The number of amides is 1. The maximum absolute atomic E-state index is 13.8. The maximum Gasteiger partial charge on any atom is 0.434 e. The Hall–Kier alpha value is -2.66. The number of aryl methyl sites for hydroxylation is 2. The van der Waals surface area contributed by atoms with Gasteiger partial charge in [-0.05, 0) is 56.4 Å². The van der Waals surface area contributed by atoms with Crippen molar-refractivity contribution in [1.29, 1.82) is 0 Å². The first-order valence-corrected chi connectivity index (χ1v) is 11.7. The lowest BCUT2D eigenvalue weighted by atomic mass is 10.1. The highest BCUT2D eigenvalue weighted by molar-refractivity contribution is 7.90. The molecule has 1 saturated heterocycles. The van der Waals surface area contributed by atoms with E-state index in [-0.39, 0.29) is 30.9 Å². The molecule has 10 nitrogen and oxygen atoms in total. The molecule has 1 amide bonds. The fraction of sp³-hybridized carbons (Fsp3) is 0.550. The minimum atomic E-state index is -3.97. The minimum absolute atomic E-state index is 0.0161. The van der Waals surface area contributed by atoms with Crippen molar-refractivity contribution in [2.24, 2.45) is 0 Å². The summed E-state index contributed by atoms with van der Waals surface area (Å²) in [7, 11) is -3.97. The van der Waals surface area contributed by atoms with E-state index in [1.54, 1.807) is 6.07 Å². The normalized spacial score (nSPS) is 16.8. The standard InChI is InChI=1S/C20H29N5O5S/c1-5-18(19-22-23-20(27)30-19)25(17-7-6-13(2)14(3)12-17)31(28,29)24-10-8-16(9-11-24)21-15(4)26/h6-7,12,16,18H,5,8-11H2,1-4H3,(H,21,26)(H,23,27). The van der Waals surface area contributed by atoms with E-state index in [0.29, 0.717) is 24.9 Å². The molecule has 170 valence electrons. The van der Waals surface area contributed by atoms with Crippen LogP contribution < -0.4 is 15.4 Å². The molecule has 31 heavy (non-hydrogen) atoms. The molecule has 1 aliphatic heterocycles. The van der Waals surface area contributed by atoms with Gasteiger partial charge in [-0.1, -0.05) is 13.0 Å². The van der Waals surface area contributed by atoms with Crippen LogP contribution in [-0.2, 0) is 15.0 Å². The van der Waals surface area contributed by atoms with Crippen LogP contribution in [0.25, 0.3) is 0 Å². The molecule has 2 heterocycles. The van der Waals surface area contributed by atoms with E-state index in [4.69, 9.17) is 4.42 Å². The first-order chi connectivity index (χ1) is 14.6. The monoisotopic (exact) mass is 451 g/mol. The van der Waals surface area contributed by atoms with Gasteiger partial charge >= 0.3 is 16.0 Å². The zero-order chi connectivity index (χ0) is 22.8. The number of aromatic amines is 1. The Bertz CT molecular complexity index is 1090. The SMILES string of the molecule is CCC(c1n[nH]c(=O)o1)N(c1ccc(C)c(C)c1)S(=O)(=O)N1CCC(NC(C)=O)CC1. The van der Waals surface area contributed by atoms with Crippen LogP contribution in [0.5, 0.6) is 0 Å². The Morgan fingerprint density at radius 3 is 2.52 bits per heavy atom. The van der Waals surface area contributed by atoms with Crippen LogP contribution in [0.4, 0.5) is 5.69 Å². The molecule has 1 atom stereocenters. The van der Waals surface area contributed by atoms with Gasteiger partial charge < -0.3 is 9.73 Å². The van der Waals surface area contributed by atoms with Crippen molar-refractivity contribution < 1.29 is 17.6 Å². The van der Waals surface area contributed by atoms with Gasteiger partial charge in [0.2, 0.25) is 11.8 Å².